The Morgan fingerprint density at radius 2 is 2.20 bits per heavy atom. The van der Waals surface area contributed by atoms with Gasteiger partial charge in [0, 0.05) is 5.69 Å². The van der Waals surface area contributed by atoms with Crippen molar-refractivity contribution in [2.45, 2.75) is 6.92 Å². The third-order valence-corrected chi connectivity index (χ3v) is 1.17. The van der Waals surface area contributed by atoms with Gasteiger partial charge < -0.3 is 4.98 Å². The molecule has 3 nitrogen and oxygen atoms in total. The highest BCUT2D eigenvalue weighted by atomic mass is 16.1. The fourth-order valence-electron chi connectivity index (χ4n) is 0.652. The van der Waals surface area contributed by atoms with Gasteiger partial charge in [-0.15, -0.1) is 0 Å². The van der Waals surface area contributed by atoms with Gasteiger partial charge >= 0.3 is 0 Å². The maximum Gasteiger partial charge on any atom is 0.259 e. The van der Waals surface area contributed by atoms with E-state index in [2.05, 4.69) is 4.98 Å². The van der Waals surface area contributed by atoms with Crippen LogP contribution in [0.15, 0.2) is 16.9 Å². The first kappa shape index (κ1) is 6.74. The molecular formula is C7H6NO2. The second kappa shape index (κ2) is 2.47. The van der Waals surface area contributed by atoms with E-state index in [0.717, 1.165) is 5.69 Å². The van der Waals surface area contributed by atoms with Crippen molar-refractivity contribution in [1.29, 1.82) is 0 Å². The average molecular weight is 136 g/mol. The Labute approximate surface area is 57.7 Å². The first-order chi connectivity index (χ1) is 4.74. The lowest BCUT2D eigenvalue weighted by Crippen LogP contribution is -2.11. The molecule has 10 heavy (non-hydrogen) atoms. The van der Waals surface area contributed by atoms with Gasteiger partial charge in [0.25, 0.3) is 5.56 Å². The molecule has 1 aromatic heterocycles. The molecule has 0 unspecified atom stereocenters. The van der Waals surface area contributed by atoms with Gasteiger partial charge in [-0.1, -0.05) is 0 Å². The van der Waals surface area contributed by atoms with Crippen molar-refractivity contribution in [2.24, 2.45) is 0 Å². The molecule has 0 bridgehead atoms. The number of pyridine rings is 1. The van der Waals surface area contributed by atoms with Crippen LogP contribution < -0.4 is 5.56 Å². The van der Waals surface area contributed by atoms with E-state index in [1.165, 1.54) is 12.4 Å². The molecular weight excluding hydrogens is 130 g/mol. The van der Waals surface area contributed by atoms with Crippen LogP contribution in [-0.4, -0.2) is 11.3 Å². The predicted octanol–water partition coefficient (Wildman–Crippen LogP) is 0.141. The van der Waals surface area contributed by atoms with Crippen molar-refractivity contribution in [3.8, 4) is 0 Å². The van der Waals surface area contributed by atoms with Crippen LogP contribution in [0.1, 0.15) is 11.3 Å². The van der Waals surface area contributed by atoms with E-state index in [4.69, 9.17) is 0 Å². The summed E-state index contributed by atoms with van der Waals surface area (Å²) < 4.78 is 0. The van der Waals surface area contributed by atoms with Gasteiger partial charge in [0.1, 0.15) is 0 Å². The lowest BCUT2D eigenvalue weighted by Gasteiger charge is -1.89. The van der Waals surface area contributed by atoms with Gasteiger partial charge in [0.2, 0.25) is 6.29 Å². The van der Waals surface area contributed by atoms with Crippen molar-refractivity contribution in [3.05, 3.63) is 33.7 Å². The summed E-state index contributed by atoms with van der Waals surface area (Å²) >= 11 is 0. The van der Waals surface area contributed by atoms with Crippen molar-refractivity contribution in [1.82, 2.24) is 4.98 Å². The predicted molar refractivity (Wildman–Crippen MR) is 36.6 cm³/mol. The molecule has 1 rings (SSSR count). The molecule has 0 atom stereocenters. The minimum atomic E-state index is -0.380. The maximum absolute atomic E-state index is 10.8. The molecule has 0 aliphatic heterocycles. The highest BCUT2D eigenvalue weighted by Gasteiger charge is 1.95. The molecule has 0 saturated carbocycles. The summed E-state index contributed by atoms with van der Waals surface area (Å²) in [6.07, 6.45) is 1.53. The van der Waals surface area contributed by atoms with E-state index >= 15 is 0 Å². The van der Waals surface area contributed by atoms with E-state index in [0.29, 0.717) is 0 Å². The van der Waals surface area contributed by atoms with Gasteiger partial charge in [-0.25, -0.2) is 0 Å². The second-order valence-electron chi connectivity index (χ2n) is 1.99. The summed E-state index contributed by atoms with van der Waals surface area (Å²) in [4.78, 5) is 23.2. The van der Waals surface area contributed by atoms with Gasteiger partial charge in [0.05, 0.1) is 5.56 Å². The minimum absolute atomic E-state index is 0.0469. The molecule has 51 valence electrons. The zero-order chi connectivity index (χ0) is 7.56. The number of aryl methyl sites for hydroxylation is 1. The Balaban J connectivity index is 3.33. The van der Waals surface area contributed by atoms with Crippen LogP contribution >= 0.6 is 0 Å². The number of nitrogens with one attached hydrogen (secondary N) is 1. The largest absolute Gasteiger partial charge is 0.326 e. The van der Waals surface area contributed by atoms with E-state index < -0.39 is 0 Å². The Bertz CT molecular complexity index is 301. The van der Waals surface area contributed by atoms with Crippen LogP contribution in [0.5, 0.6) is 0 Å². The Hall–Kier alpha value is -1.38. The number of aromatic amines is 1. The monoisotopic (exact) mass is 136 g/mol. The Morgan fingerprint density at radius 1 is 1.50 bits per heavy atom. The molecule has 3 heteroatoms. The number of hydrogen-bond donors (Lipinski definition) is 1. The van der Waals surface area contributed by atoms with Crippen LogP contribution in [0.25, 0.3) is 0 Å². The molecule has 0 aliphatic rings. The summed E-state index contributed by atoms with van der Waals surface area (Å²) in [5, 5.41) is 0. The number of rotatable bonds is 1. The third-order valence-electron chi connectivity index (χ3n) is 1.17. The Kier molecular flexibility index (Phi) is 1.67. The smallest absolute Gasteiger partial charge is 0.259 e. The van der Waals surface area contributed by atoms with E-state index in [1.807, 2.05) is 0 Å². The normalized spacial score (nSPS) is 9.30. The summed E-state index contributed by atoms with van der Waals surface area (Å²) in [6, 6.07) is 3.10. The number of carbonyl (C=O) groups excluding carboxylic acids is 1. The zero-order valence-corrected chi connectivity index (χ0v) is 5.47. The van der Waals surface area contributed by atoms with Crippen molar-refractivity contribution in [3.63, 3.8) is 0 Å². The summed E-state index contributed by atoms with van der Waals surface area (Å²) in [5.41, 5.74) is 0.407. The number of aromatic nitrogens is 1. The first-order valence-corrected chi connectivity index (χ1v) is 2.82. The molecule has 0 saturated heterocycles. The number of H-pyrrole nitrogens is 1. The fraction of sp³-hybridized carbons (Fsp3) is 0.143. The second-order valence-corrected chi connectivity index (χ2v) is 1.99. The maximum atomic E-state index is 10.8. The van der Waals surface area contributed by atoms with Gasteiger partial charge in [-0.2, -0.15) is 0 Å². The van der Waals surface area contributed by atoms with Crippen LogP contribution in [0.3, 0.4) is 0 Å². The van der Waals surface area contributed by atoms with Crippen LogP contribution in [0.2, 0.25) is 0 Å². The molecule has 0 aromatic carbocycles. The molecule has 0 aliphatic carbocycles. The quantitative estimate of drug-likeness (QED) is 0.597. The van der Waals surface area contributed by atoms with Crippen LogP contribution in [0, 0.1) is 6.92 Å². The molecule has 0 fully saturated rings. The summed E-state index contributed by atoms with van der Waals surface area (Å²) in [5.74, 6) is 0. The van der Waals surface area contributed by atoms with Crippen LogP contribution in [0.4, 0.5) is 0 Å². The van der Waals surface area contributed by atoms with E-state index in [-0.39, 0.29) is 11.1 Å². The highest BCUT2D eigenvalue weighted by Crippen LogP contribution is 1.88. The van der Waals surface area contributed by atoms with E-state index in [9.17, 15) is 9.59 Å². The molecule has 1 aromatic rings. The lowest BCUT2D eigenvalue weighted by atomic mass is 10.3. The molecule has 1 radical (unpaired) electrons. The van der Waals surface area contributed by atoms with Crippen LogP contribution in [-0.2, 0) is 4.79 Å². The summed E-state index contributed by atoms with van der Waals surface area (Å²) in [7, 11) is 0. The highest BCUT2D eigenvalue weighted by molar-refractivity contribution is 5.74. The zero-order valence-electron chi connectivity index (χ0n) is 5.47. The fourth-order valence-corrected chi connectivity index (χ4v) is 0.652. The first-order valence-electron chi connectivity index (χ1n) is 2.82. The molecule has 0 amide bonds. The SMILES string of the molecule is Cc1ccc([C]=O)c(=O)[nH]1. The lowest BCUT2D eigenvalue weighted by molar-refractivity contribution is 0.562. The van der Waals surface area contributed by atoms with Crippen molar-refractivity contribution in [2.75, 3.05) is 0 Å². The summed E-state index contributed by atoms with van der Waals surface area (Å²) in [6.45, 7) is 1.75. The average Bonchev–Trinajstić information content (AvgIpc) is 1.88. The van der Waals surface area contributed by atoms with Crippen molar-refractivity contribution >= 4 is 6.29 Å². The van der Waals surface area contributed by atoms with Crippen molar-refractivity contribution < 1.29 is 4.79 Å². The Morgan fingerprint density at radius 3 is 2.70 bits per heavy atom. The standard InChI is InChI=1S/C7H6NO2/c1-5-2-3-6(4-9)7(10)8-5/h2-3H,1H3,(H,8,10). The molecule has 1 heterocycles. The number of hydrogen-bond acceptors (Lipinski definition) is 2. The van der Waals surface area contributed by atoms with Gasteiger partial charge in [0.15, 0.2) is 0 Å². The molecule has 0 spiro atoms. The molecule has 1 N–H and O–H groups in total. The van der Waals surface area contributed by atoms with Gasteiger partial charge in [-0.05, 0) is 19.1 Å². The third kappa shape index (κ3) is 1.13. The van der Waals surface area contributed by atoms with Gasteiger partial charge in [-0.3, -0.25) is 9.59 Å². The minimum Gasteiger partial charge on any atom is -0.326 e. The topological polar surface area (TPSA) is 49.9 Å². The van der Waals surface area contributed by atoms with E-state index in [1.54, 1.807) is 13.0 Å².